The van der Waals surface area contributed by atoms with Gasteiger partial charge in [-0.2, -0.15) is 0 Å². The standard InChI is InChI=1S/C16H11F3O2/c1-21-16-7-4-11(8-14(16)19)15(20)6-3-10-2-5-12(17)9-13(10)18/h2-9H,1H3/b6-3+. The number of methoxy groups -OCH3 is 1. The lowest BCUT2D eigenvalue weighted by Crippen LogP contribution is -1.97. The van der Waals surface area contributed by atoms with E-state index in [1.807, 2.05) is 0 Å². The molecule has 0 saturated heterocycles. The van der Waals surface area contributed by atoms with Crippen molar-refractivity contribution in [3.05, 3.63) is 71.1 Å². The van der Waals surface area contributed by atoms with Gasteiger partial charge in [0.25, 0.3) is 0 Å². The molecule has 2 rings (SSSR count). The van der Waals surface area contributed by atoms with E-state index in [9.17, 15) is 18.0 Å². The van der Waals surface area contributed by atoms with Crippen LogP contribution in [0.25, 0.3) is 6.08 Å². The Bertz CT molecular complexity index is 709. The van der Waals surface area contributed by atoms with Gasteiger partial charge in [0, 0.05) is 17.2 Å². The lowest BCUT2D eigenvalue weighted by atomic mass is 10.1. The van der Waals surface area contributed by atoms with Crippen LogP contribution < -0.4 is 4.74 Å². The number of benzene rings is 2. The highest BCUT2D eigenvalue weighted by atomic mass is 19.1. The van der Waals surface area contributed by atoms with Crippen LogP contribution in [0.15, 0.2) is 42.5 Å². The molecule has 108 valence electrons. The number of ketones is 1. The minimum atomic E-state index is -0.778. The summed E-state index contributed by atoms with van der Waals surface area (Å²) in [6, 6.07) is 6.78. The van der Waals surface area contributed by atoms with E-state index >= 15 is 0 Å². The quantitative estimate of drug-likeness (QED) is 0.628. The van der Waals surface area contributed by atoms with E-state index in [2.05, 4.69) is 0 Å². The fourth-order valence-electron chi connectivity index (χ4n) is 1.72. The number of hydrogen-bond donors (Lipinski definition) is 0. The van der Waals surface area contributed by atoms with E-state index in [4.69, 9.17) is 4.74 Å². The largest absolute Gasteiger partial charge is 0.494 e. The zero-order chi connectivity index (χ0) is 15.4. The summed E-state index contributed by atoms with van der Waals surface area (Å²) in [5.74, 6) is -2.61. The van der Waals surface area contributed by atoms with Crippen LogP contribution in [0.1, 0.15) is 15.9 Å². The van der Waals surface area contributed by atoms with E-state index in [0.717, 1.165) is 24.3 Å². The van der Waals surface area contributed by atoms with Crippen LogP contribution in [-0.2, 0) is 0 Å². The second-order valence-corrected chi connectivity index (χ2v) is 4.21. The summed E-state index contributed by atoms with van der Waals surface area (Å²) in [7, 11) is 1.32. The Morgan fingerprint density at radius 3 is 2.43 bits per heavy atom. The van der Waals surface area contributed by atoms with Gasteiger partial charge in [0.05, 0.1) is 7.11 Å². The maximum absolute atomic E-state index is 13.5. The number of rotatable bonds is 4. The van der Waals surface area contributed by atoms with E-state index in [1.165, 1.54) is 31.4 Å². The molecule has 0 aliphatic carbocycles. The minimum absolute atomic E-state index is 0.0279. The first kappa shape index (κ1) is 14.8. The average molecular weight is 292 g/mol. The summed E-state index contributed by atoms with van der Waals surface area (Å²) in [5.41, 5.74) is 0.172. The Balaban J connectivity index is 2.21. The molecule has 0 bridgehead atoms. The Morgan fingerprint density at radius 2 is 1.81 bits per heavy atom. The maximum atomic E-state index is 13.5. The first-order valence-electron chi connectivity index (χ1n) is 6.02. The van der Waals surface area contributed by atoms with Gasteiger partial charge in [-0.25, -0.2) is 13.2 Å². The summed E-state index contributed by atoms with van der Waals surface area (Å²) >= 11 is 0. The van der Waals surface area contributed by atoms with Gasteiger partial charge in [-0.1, -0.05) is 0 Å². The van der Waals surface area contributed by atoms with Crippen molar-refractivity contribution in [3.8, 4) is 5.75 Å². The van der Waals surface area contributed by atoms with Crippen molar-refractivity contribution >= 4 is 11.9 Å². The first-order chi connectivity index (χ1) is 10.0. The third-order valence-electron chi connectivity index (χ3n) is 2.81. The van der Waals surface area contributed by atoms with Crippen molar-refractivity contribution in [2.75, 3.05) is 7.11 Å². The summed E-state index contributed by atoms with van der Waals surface area (Å²) in [6.45, 7) is 0. The number of allylic oxidation sites excluding steroid dienone is 1. The summed E-state index contributed by atoms with van der Waals surface area (Å²) in [5, 5.41) is 0. The molecule has 2 aromatic carbocycles. The van der Waals surface area contributed by atoms with Crippen molar-refractivity contribution in [1.29, 1.82) is 0 Å². The number of hydrogen-bond acceptors (Lipinski definition) is 2. The third kappa shape index (κ3) is 3.51. The highest BCUT2D eigenvalue weighted by Gasteiger charge is 2.08. The van der Waals surface area contributed by atoms with Crippen LogP contribution in [0.4, 0.5) is 13.2 Å². The predicted octanol–water partition coefficient (Wildman–Crippen LogP) is 4.01. The van der Waals surface area contributed by atoms with Crippen molar-refractivity contribution < 1.29 is 22.7 Å². The number of ether oxygens (including phenoxy) is 1. The van der Waals surface area contributed by atoms with Gasteiger partial charge in [-0.15, -0.1) is 0 Å². The van der Waals surface area contributed by atoms with E-state index in [1.54, 1.807) is 0 Å². The Hall–Kier alpha value is -2.56. The normalized spacial score (nSPS) is 10.9. The van der Waals surface area contributed by atoms with Gasteiger partial charge < -0.3 is 4.74 Å². The summed E-state index contributed by atoms with van der Waals surface area (Å²) in [6.07, 6.45) is 2.30. The molecule has 0 unspecified atom stereocenters. The highest BCUT2D eigenvalue weighted by Crippen LogP contribution is 2.18. The molecule has 0 aromatic heterocycles. The number of carbonyl (C=O) groups excluding carboxylic acids is 1. The maximum Gasteiger partial charge on any atom is 0.185 e. The van der Waals surface area contributed by atoms with Gasteiger partial charge in [0.1, 0.15) is 11.6 Å². The molecule has 0 atom stereocenters. The van der Waals surface area contributed by atoms with Crippen LogP contribution >= 0.6 is 0 Å². The smallest absolute Gasteiger partial charge is 0.185 e. The molecule has 0 aliphatic rings. The second kappa shape index (κ2) is 6.26. The van der Waals surface area contributed by atoms with Crippen LogP contribution in [0.5, 0.6) is 5.75 Å². The molecule has 0 N–H and O–H groups in total. The SMILES string of the molecule is COc1ccc(C(=O)/C=C/c2ccc(F)cc2F)cc1F. The van der Waals surface area contributed by atoms with Crippen molar-refractivity contribution in [3.63, 3.8) is 0 Å². The monoisotopic (exact) mass is 292 g/mol. The molecule has 0 amide bonds. The minimum Gasteiger partial charge on any atom is -0.494 e. The van der Waals surface area contributed by atoms with Crippen LogP contribution in [0, 0.1) is 17.5 Å². The van der Waals surface area contributed by atoms with E-state index < -0.39 is 23.2 Å². The topological polar surface area (TPSA) is 26.3 Å². The summed E-state index contributed by atoms with van der Waals surface area (Å²) in [4.78, 5) is 11.9. The lowest BCUT2D eigenvalue weighted by Gasteiger charge is -2.02. The van der Waals surface area contributed by atoms with Gasteiger partial charge in [0.2, 0.25) is 0 Å². The molecule has 0 radical (unpaired) electrons. The number of halogens is 3. The molecule has 0 fully saturated rings. The average Bonchev–Trinajstić information content (AvgIpc) is 2.46. The molecule has 0 aliphatic heterocycles. The lowest BCUT2D eigenvalue weighted by molar-refractivity contribution is 0.104. The molecular weight excluding hydrogens is 281 g/mol. The zero-order valence-corrected chi connectivity index (χ0v) is 11.1. The molecule has 0 spiro atoms. The Kier molecular flexibility index (Phi) is 4.42. The van der Waals surface area contributed by atoms with Crippen molar-refractivity contribution in [2.45, 2.75) is 0 Å². The zero-order valence-electron chi connectivity index (χ0n) is 11.1. The third-order valence-corrected chi connectivity index (χ3v) is 2.81. The Labute approximate surface area is 119 Å². The van der Waals surface area contributed by atoms with Crippen LogP contribution in [-0.4, -0.2) is 12.9 Å². The highest BCUT2D eigenvalue weighted by molar-refractivity contribution is 6.06. The fourth-order valence-corrected chi connectivity index (χ4v) is 1.72. The molecule has 5 heteroatoms. The van der Waals surface area contributed by atoms with Gasteiger partial charge in [-0.3, -0.25) is 4.79 Å². The molecule has 21 heavy (non-hydrogen) atoms. The molecule has 2 nitrogen and oxygen atoms in total. The van der Waals surface area contributed by atoms with Gasteiger partial charge in [-0.05, 0) is 42.5 Å². The fraction of sp³-hybridized carbons (Fsp3) is 0.0625. The summed E-state index contributed by atoms with van der Waals surface area (Å²) < 4.78 is 44.4. The first-order valence-corrected chi connectivity index (χ1v) is 6.02. The van der Waals surface area contributed by atoms with Gasteiger partial charge >= 0.3 is 0 Å². The molecule has 2 aromatic rings. The van der Waals surface area contributed by atoms with Gasteiger partial charge in [0.15, 0.2) is 17.3 Å². The van der Waals surface area contributed by atoms with Crippen molar-refractivity contribution in [2.24, 2.45) is 0 Å². The van der Waals surface area contributed by atoms with Crippen molar-refractivity contribution in [1.82, 2.24) is 0 Å². The molecular formula is C16H11F3O2. The second-order valence-electron chi connectivity index (χ2n) is 4.21. The number of carbonyl (C=O) groups is 1. The van der Waals surface area contributed by atoms with E-state index in [0.29, 0.717) is 0 Å². The predicted molar refractivity (Wildman–Crippen MR) is 72.7 cm³/mol. The van der Waals surface area contributed by atoms with Crippen LogP contribution in [0.2, 0.25) is 0 Å². The van der Waals surface area contributed by atoms with E-state index in [-0.39, 0.29) is 16.9 Å². The molecule has 0 heterocycles. The van der Waals surface area contributed by atoms with Crippen LogP contribution in [0.3, 0.4) is 0 Å². The molecule has 0 saturated carbocycles. The Morgan fingerprint density at radius 1 is 1.05 bits per heavy atom.